The van der Waals surface area contributed by atoms with Gasteiger partial charge in [-0.1, -0.05) is 11.9 Å². The van der Waals surface area contributed by atoms with Crippen LogP contribution in [0.2, 0.25) is 0 Å². The van der Waals surface area contributed by atoms with Gasteiger partial charge in [0.05, 0.1) is 5.69 Å². The summed E-state index contributed by atoms with van der Waals surface area (Å²) in [5.41, 5.74) is 0.921. The van der Waals surface area contributed by atoms with E-state index >= 15 is 0 Å². The highest BCUT2D eigenvalue weighted by atomic mass is 32.2. The third-order valence-electron chi connectivity index (χ3n) is 2.72. The molecule has 1 saturated heterocycles. The Morgan fingerprint density at radius 3 is 2.62 bits per heavy atom. The number of hydrogen-bond donors (Lipinski definition) is 0. The van der Waals surface area contributed by atoms with E-state index in [2.05, 4.69) is 20.8 Å². The average molecular weight is 239 g/mol. The van der Waals surface area contributed by atoms with E-state index in [0.717, 1.165) is 31.6 Å². The first-order valence-electron chi connectivity index (χ1n) is 5.54. The van der Waals surface area contributed by atoms with Crippen molar-refractivity contribution in [2.45, 2.75) is 25.9 Å². The molecule has 88 valence electrons. The fourth-order valence-corrected chi connectivity index (χ4v) is 2.33. The lowest BCUT2D eigenvalue weighted by molar-refractivity contribution is 0.132. The number of piperidine rings is 1. The largest absolute Gasteiger partial charge is 0.473 e. The van der Waals surface area contributed by atoms with Crippen LogP contribution in [0.4, 0.5) is 0 Å². The van der Waals surface area contributed by atoms with Crippen LogP contribution >= 0.6 is 11.9 Å². The Hall–Kier alpha value is -0.810. The molecule has 1 aliphatic rings. The van der Waals surface area contributed by atoms with Gasteiger partial charge in [0.15, 0.2) is 0 Å². The number of hydrogen-bond acceptors (Lipinski definition) is 5. The molecule has 2 rings (SSSR count). The summed E-state index contributed by atoms with van der Waals surface area (Å²) in [5.74, 6) is 0.646. The predicted molar refractivity (Wildman–Crippen MR) is 65.5 cm³/mol. The Kier molecular flexibility index (Phi) is 4.01. The molecule has 0 saturated carbocycles. The van der Waals surface area contributed by atoms with Gasteiger partial charge in [0, 0.05) is 19.2 Å². The zero-order chi connectivity index (χ0) is 11.4. The third-order valence-corrected chi connectivity index (χ3v) is 3.60. The summed E-state index contributed by atoms with van der Waals surface area (Å²) in [6.07, 6.45) is 4.54. The van der Waals surface area contributed by atoms with Crippen molar-refractivity contribution in [2.24, 2.45) is 0 Å². The first-order valence-corrected chi connectivity index (χ1v) is 6.72. The van der Waals surface area contributed by atoms with Gasteiger partial charge >= 0.3 is 0 Å². The Morgan fingerprint density at radius 2 is 2.06 bits per heavy atom. The molecule has 4 nitrogen and oxygen atoms in total. The van der Waals surface area contributed by atoms with Crippen molar-refractivity contribution in [2.75, 3.05) is 19.3 Å². The lowest BCUT2D eigenvalue weighted by Gasteiger charge is -2.29. The van der Waals surface area contributed by atoms with Crippen molar-refractivity contribution < 1.29 is 4.74 Å². The standard InChI is InChI=1S/C11H17N3OS/c1-9-3-4-11(13-12-9)15-10-5-7-14(16-2)8-6-10/h3-4,10H,5-8H2,1-2H3. The quantitative estimate of drug-likeness (QED) is 0.753. The minimum atomic E-state index is 0.292. The summed E-state index contributed by atoms with van der Waals surface area (Å²) in [6, 6.07) is 3.82. The van der Waals surface area contributed by atoms with Gasteiger partial charge in [0.25, 0.3) is 0 Å². The average Bonchev–Trinajstić information content (AvgIpc) is 2.33. The molecule has 1 aromatic rings. The van der Waals surface area contributed by atoms with Crippen LogP contribution in [-0.4, -0.2) is 40.0 Å². The molecule has 0 spiro atoms. The molecule has 2 heterocycles. The maximum absolute atomic E-state index is 5.79. The lowest BCUT2D eigenvalue weighted by atomic mass is 10.1. The number of ether oxygens (including phenoxy) is 1. The fraction of sp³-hybridized carbons (Fsp3) is 0.636. The van der Waals surface area contributed by atoms with E-state index in [9.17, 15) is 0 Å². The second kappa shape index (κ2) is 5.50. The van der Waals surface area contributed by atoms with E-state index < -0.39 is 0 Å². The van der Waals surface area contributed by atoms with Crippen LogP contribution in [0.5, 0.6) is 5.88 Å². The number of nitrogens with zero attached hydrogens (tertiary/aromatic N) is 3. The predicted octanol–water partition coefficient (Wildman–Crippen LogP) is 1.91. The zero-order valence-corrected chi connectivity index (χ0v) is 10.5. The smallest absolute Gasteiger partial charge is 0.233 e. The van der Waals surface area contributed by atoms with Gasteiger partial charge in [0.2, 0.25) is 5.88 Å². The summed E-state index contributed by atoms with van der Waals surface area (Å²) >= 11 is 1.81. The molecule has 0 amide bonds. The molecule has 0 N–H and O–H groups in total. The van der Waals surface area contributed by atoms with Crippen molar-refractivity contribution >= 4 is 11.9 Å². The normalized spacial score (nSPS) is 18.6. The van der Waals surface area contributed by atoms with Crippen molar-refractivity contribution in [3.8, 4) is 5.88 Å². The SMILES string of the molecule is CSN1CCC(Oc2ccc(C)nn2)CC1. The van der Waals surface area contributed by atoms with Gasteiger partial charge in [-0.3, -0.25) is 4.31 Å². The van der Waals surface area contributed by atoms with Crippen LogP contribution in [0, 0.1) is 6.92 Å². The van der Waals surface area contributed by atoms with Gasteiger partial charge in [-0.25, -0.2) is 0 Å². The van der Waals surface area contributed by atoms with Crippen LogP contribution in [0.25, 0.3) is 0 Å². The van der Waals surface area contributed by atoms with Crippen LogP contribution in [-0.2, 0) is 0 Å². The van der Waals surface area contributed by atoms with E-state index in [-0.39, 0.29) is 0 Å². The highest BCUT2D eigenvalue weighted by Crippen LogP contribution is 2.20. The summed E-state index contributed by atoms with van der Waals surface area (Å²) in [5, 5.41) is 8.01. The molecular weight excluding hydrogens is 222 g/mol. The maximum atomic E-state index is 5.79. The second-order valence-electron chi connectivity index (χ2n) is 3.94. The van der Waals surface area contributed by atoms with E-state index in [1.54, 1.807) is 11.9 Å². The van der Waals surface area contributed by atoms with Gasteiger partial charge in [-0.15, -0.1) is 5.10 Å². The molecule has 5 heteroatoms. The van der Waals surface area contributed by atoms with E-state index in [1.165, 1.54) is 0 Å². The molecular formula is C11H17N3OS. The summed E-state index contributed by atoms with van der Waals surface area (Å²) in [7, 11) is 0. The molecule has 1 aromatic heterocycles. The second-order valence-corrected chi connectivity index (χ2v) is 4.82. The van der Waals surface area contributed by atoms with Crippen molar-refractivity contribution in [1.82, 2.24) is 14.5 Å². The highest BCUT2D eigenvalue weighted by Gasteiger charge is 2.20. The van der Waals surface area contributed by atoms with E-state index in [0.29, 0.717) is 12.0 Å². The number of rotatable bonds is 3. The lowest BCUT2D eigenvalue weighted by Crippen LogP contribution is -2.34. The van der Waals surface area contributed by atoms with Crippen molar-refractivity contribution in [3.05, 3.63) is 17.8 Å². The molecule has 1 aliphatic heterocycles. The third kappa shape index (κ3) is 3.09. The Bertz CT molecular complexity index is 323. The molecule has 16 heavy (non-hydrogen) atoms. The minimum Gasteiger partial charge on any atom is -0.473 e. The molecule has 0 unspecified atom stereocenters. The van der Waals surface area contributed by atoms with Gasteiger partial charge in [-0.2, -0.15) is 5.10 Å². The monoisotopic (exact) mass is 239 g/mol. The van der Waals surface area contributed by atoms with Crippen molar-refractivity contribution in [3.63, 3.8) is 0 Å². The first-order chi connectivity index (χ1) is 7.78. The van der Waals surface area contributed by atoms with Crippen LogP contribution in [0.15, 0.2) is 12.1 Å². The van der Waals surface area contributed by atoms with Crippen LogP contribution in [0.1, 0.15) is 18.5 Å². The number of aromatic nitrogens is 2. The molecule has 0 atom stereocenters. The van der Waals surface area contributed by atoms with Crippen molar-refractivity contribution in [1.29, 1.82) is 0 Å². The van der Waals surface area contributed by atoms with Gasteiger partial charge in [-0.05, 0) is 32.1 Å². The zero-order valence-electron chi connectivity index (χ0n) is 9.72. The molecule has 1 fully saturated rings. The van der Waals surface area contributed by atoms with E-state index in [4.69, 9.17) is 4.74 Å². The number of aryl methyl sites for hydroxylation is 1. The summed E-state index contributed by atoms with van der Waals surface area (Å²) in [6.45, 7) is 4.10. The summed E-state index contributed by atoms with van der Waals surface area (Å²) < 4.78 is 8.16. The Morgan fingerprint density at radius 1 is 1.31 bits per heavy atom. The maximum Gasteiger partial charge on any atom is 0.233 e. The first kappa shape index (κ1) is 11.7. The van der Waals surface area contributed by atoms with Gasteiger partial charge < -0.3 is 4.74 Å². The topological polar surface area (TPSA) is 38.2 Å². The Labute approximate surface area is 101 Å². The van der Waals surface area contributed by atoms with Crippen LogP contribution in [0.3, 0.4) is 0 Å². The summed E-state index contributed by atoms with van der Waals surface area (Å²) in [4.78, 5) is 0. The molecule has 0 aromatic carbocycles. The fourth-order valence-electron chi connectivity index (χ4n) is 1.75. The highest BCUT2D eigenvalue weighted by molar-refractivity contribution is 7.96. The molecule has 0 radical (unpaired) electrons. The van der Waals surface area contributed by atoms with Gasteiger partial charge in [0.1, 0.15) is 6.10 Å². The molecule has 0 aliphatic carbocycles. The minimum absolute atomic E-state index is 0.292. The Balaban J connectivity index is 1.84. The molecule has 0 bridgehead atoms. The van der Waals surface area contributed by atoms with E-state index in [1.807, 2.05) is 19.1 Å². The van der Waals surface area contributed by atoms with Crippen LogP contribution < -0.4 is 4.74 Å².